The summed E-state index contributed by atoms with van der Waals surface area (Å²) in [5.74, 6) is 1.39. The first-order valence-corrected chi connectivity index (χ1v) is 9.68. The van der Waals surface area contributed by atoms with Gasteiger partial charge in [-0.3, -0.25) is 9.89 Å². The third kappa shape index (κ3) is 3.39. The Morgan fingerprint density at radius 3 is 2.88 bits per heavy atom. The minimum atomic E-state index is 0.0611. The molecule has 0 aliphatic heterocycles. The molecule has 0 saturated heterocycles. The number of aromatic nitrogens is 3. The minimum Gasteiger partial charge on any atom is -0.340 e. The molecule has 3 aromatic rings. The number of aryl methyl sites for hydroxylation is 1. The number of hydrogen-bond acceptors (Lipinski definition) is 2. The molecule has 1 aromatic carbocycles. The fraction of sp³-hybridized carbons (Fsp3) is 0.429. The number of para-hydroxylation sites is 1. The predicted octanol–water partition coefficient (Wildman–Crippen LogP) is 4.96. The first kappa shape index (κ1) is 16.9. The van der Waals surface area contributed by atoms with Crippen LogP contribution in [-0.2, 0) is 11.3 Å². The van der Waals surface area contributed by atoms with Crippen LogP contribution in [0.2, 0.25) is 0 Å². The highest BCUT2D eigenvalue weighted by molar-refractivity contribution is 5.91. The van der Waals surface area contributed by atoms with Gasteiger partial charge >= 0.3 is 0 Å². The number of nitrogens with zero attached hydrogens (tertiary/aromatic N) is 2. The number of benzene rings is 1. The van der Waals surface area contributed by atoms with Gasteiger partial charge in [0.2, 0.25) is 5.91 Å². The topological polar surface area (TPSA) is 62.7 Å². The predicted molar refractivity (Wildman–Crippen MR) is 105 cm³/mol. The summed E-state index contributed by atoms with van der Waals surface area (Å²) in [6.07, 6.45) is 6.78. The number of rotatable bonds is 6. The number of amides is 1. The Morgan fingerprint density at radius 1 is 1.27 bits per heavy atom. The van der Waals surface area contributed by atoms with Crippen molar-refractivity contribution in [3.8, 4) is 11.4 Å². The molecule has 1 aliphatic carbocycles. The molecule has 2 N–H and O–H groups in total. The van der Waals surface area contributed by atoms with Crippen molar-refractivity contribution in [2.24, 2.45) is 5.92 Å². The molecule has 1 amide bonds. The molecular weight excluding hydrogens is 324 g/mol. The highest BCUT2D eigenvalue weighted by atomic mass is 16.1. The summed E-state index contributed by atoms with van der Waals surface area (Å²) in [6.45, 7) is 3.02. The van der Waals surface area contributed by atoms with E-state index in [-0.39, 0.29) is 5.91 Å². The first-order valence-electron chi connectivity index (χ1n) is 9.68. The van der Waals surface area contributed by atoms with E-state index in [0.29, 0.717) is 12.2 Å². The summed E-state index contributed by atoms with van der Waals surface area (Å²) in [6, 6.07) is 12.4. The van der Waals surface area contributed by atoms with Gasteiger partial charge in [-0.05, 0) is 31.4 Å². The fourth-order valence-electron chi connectivity index (χ4n) is 4.13. The van der Waals surface area contributed by atoms with Gasteiger partial charge in [-0.2, -0.15) is 5.10 Å². The average Bonchev–Trinajstić information content (AvgIpc) is 3.38. The summed E-state index contributed by atoms with van der Waals surface area (Å²) in [5, 5.41) is 11.5. The molecule has 0 spiro atoms. The fourth-order valence-corrected chi connectivity index (χ4v) is 4.13. The second kappa shape index (κ2) is 7.36. The van der Waals surface area contributed by atoms with E-state index in [2.05, 4.69) is 57.3 Å². The summed E-state index contributed by atoms with van der Waals surface area (Å²) >= 11 is 0. The van der Waals surface area contributed by atoms with Crippen LogP contribution in [0.1, 0.15) is 45.4 Å². The lowest BCUT2D eigenvalue weighted by Gasteiger charge is -2.07. The molecule has 1 aliphatic rings. The zero-order chi connectivity index (χ0) is 17.9. The second-order valence-electron chi connectivity index (χ2n) is 7.24. The second-order valence-corrected chi connectivity index (χ2v) is 7.24. The maximum atomic E-state index is 12.2. The molecule has 2 aromatic heterocycles. The van der Waals surface area contributed by atoms with E-state index in [0.717, 1.165) is 30.3 Å². The van der Waals surface area contributed by atoms with E-state index in [1.165, 1.54) is 36.6 Å². The average molecular weight is 350 g/mol. The molecule has 5 heteroatoms. The molecule has 0 atom stereocenters. The highest BCUT2D eigenvalue weighted by Crippen LogP contribution is 2.29. The van der Waals surface area contributed by atoms with Crippen molar-refractivity contribution in [2.45, 2.75) is 52.0 Å². The molecular formula is C21H26N4O. The third-order valence-corrected chi connectivity index (χ3v) is 5.50. The first-order chi connectivity index (χ1) is 12.7. The number of nitrogens with one attached hydrogen (secondary N) is 2. The van der Waals surface area contributed by atoms with Gasteiger partial charge < -0.3 is 9.88 Å². The largest absolute Gasteiger partial charge is 0.340 e. The Morgan fingerprint density at radius 2 is 2.08 bits per heavy atom. The van der Waals surface area contributed by atoms with Crippen molar-refractivity contribution in [1.29, 1.82) is 0 Å². The number of carbonyl (C=O) groups excluding carboxylic acids is 1. The van der Waals surface area contributed by atoms with Crippen LogP contribution in [0.4, 0.5) is 5.82 Å². The Hall–Kier alpha value is -2.56. The summed E-state index contributed by atoms with van der Waals surface area (Å²) in [4.78, 5) is 12.2. The van der Waals surface area contributed by atoms with Crippen molar-refractivity contribution in [3.05, 3.63) is 36.4 Å². The number of hydrogen-bond donors (Lipinski definition) is 2. The lowest BCUT2D eigenvalue weighted by molar-refractivity contribution is -0.116. The van der Waals surface area contributed by atoms with E-state index >= 15 is 0 Å². The number of fused-ring (bicyclic) bond motifs is 1. The lowest BCUT2D eigenvalue weighted by atomic mass is 10.0. The van der Waals surface area contributed by atoms with Crippen LogP contribution in [0.5, 0.6) is 0 Å². The van der Waals surface area contributed by atoms with E-state index in [4.69, 9.17) is 0 Å². The smallest absolute Gasteiger partial charge is 0.225 e. The van der Waals surface area contributed by atoms with E-state index < -0.39 is 0 Å². The Balaban J connectivity index is 1.47. The summed E-state index contributed by atoms with van der Waals surface area (Å²) in [5.41, 5.74) is 3.23. The van der Waals surface area contributed by atoms with Gasteiger partial charge in [0.25, 0.3) is 0 Å². The molecule has 4 rings (SSSR count). The molecule has 1 fully saturated rings. The number of aromatic amines is 1. The van der Waals surface area contributed by atoms with E-state index in [9.17, 15) is 4.79 Å². The summed E-state index contributed by atoms with van der Waals surface area (Å²) in [7, 11) is 0. The quantitative estimate of drug-likeness (QED) is 0.660. The molecule has 2 heterocycles. The van der Waals surface area contributed by atoms with E-state index in [1.54, 1.807) is 0 Å². The van der Waals surface area contributed by atoms with Crippen molar-refractivity contribution < 1.29 is 4.79 Å². The van der Waals surface area contributed by atoms with Gasteiger partial charge in [0, 0.05) is 29.9 Å². The maximum Gasteiger partial charge on any atom is 0.225 e. The SMILES string of the molecule is CCn1c(-c2cc(NC(=O)CCC3CCCC3)n[nH]2)cc2ccccc21. The van der Waals surface area contributed by atoms with Gasteiger partial charge in [0.1, 0.15) is 0 Å². The Labute approximate surface area is 153 Å². The number of H-pyrrole nitrogens is 1. The third-order valence-electron chi connectivity index (χ3n) is 5.50. The molecule has 136 valence electrons. The molecule has 1 saturated carbocycles. The van der Waals surface area contributed by atoms with Gasteiger partial charge in [0.05, 0.1) is 11.4 Å². The van der Waals surface area contributed by atoms with Crippen molar-refractivity contribution in [2.75, 3.05) is 5.32 Å². The molecule has 0 radical (unpaired) electrons. The van der Waals surface area contributed by atoms with Crippen molar-refractivity contribution in [3.63, 3.8) is 0 Å². The summed E-state index contributed by atoms with van der Waals surface area (Å²) < 4.78 is 2.26. The van der Waals surface area contributed by atoms with Crippen molar-refractivity contribution >= 4 is 22.6 Å². The van der Waals surface area contributed by atoms with Crippen LogP contribution < -0.4 is 5.32 Å². The lowest BCUT2D eigenvalue weighted by Crippen LogP contribution is -2.12. The van der Waals surface area contributed by atoms with Gasteiger partial charge in [-0.25, -0.2) is 0 Å². The van der Waals surface area contributed by atoms with Crippen LogP contribution in [0, 0.1) is 5.92 Å². The molecule has 0 unspecified atom stereocenters. The Kier molecular flexibility index (Phi) is 4.78. The zero-order valence-corrected chi connectivity index (χ0v) is 15.3. The molecule has 5 nitrogen and oxygen atoms in total. The van der Waals surface area contributed by atoms with E-state index in [1.807, 2.05) is 6.07 Å². The Bertz CT molecular complexity index is 902. The normalized spacial score (nSPS) is 15.0. The van der Waals surface area contributed by atoms with Crippen LogP contribution in [0.15, 0.2) is 36.4 Å². The van der Waals surface area contributed by atoms with Crippen molar-refractivity contribution in [1.82, 2.24) is 14.8 Å². The minimum absolute atomic E-state index is 0.0611. The number of anilines is 1. The van der Waals surface area contributed by atoms with Gasteiger partial charge in [-0.15, -0.1) is 0 Å². The number of carbonyl (C=O) groups is 1. The standard InChI is InChI=1S/C21H26N4O/c1-2-25-18-10-6-5-9-16(18)13-19(25)17-14-20(24-23-17)22-21(26)12-11-15-7-3-4-8-15/h5-6,9-10,13-15H,2-4,7-8,11-12H2,1H3,(H2,22,23,24,26). The van der Waals surface area contributed by atoms with Crippen LogP contribution in [0.25, 0.3) is 22.3 Å². The monoisotopic (exact) mass is 350 g/mol. The zero-order valence-electron chi connectivity index (χ0n) is 15.3. The maximum absolute atomic E-state index is 12.2. The molecule has 26 heavy (non-hydrogen) atoms. The van der Waals surface area contributed by atoms with Crippen LogP contribution >= 0.6 is 0 Å². The highest BCUT2D eigenvalue weighted by Gasteiger charge is 2.17. The van der Waals surface area contributed by atoms with Gasteiger partial charge in [0.15, 0.2) is 5.82 Å². The molecule has 0 bridgehead atoms. The van der Waals surface area contributed by atoms with Crippen LogP contribution in [-0.4, -0.2) is 20.7 Å². The van der Waals surface area contributed by atoms with Crippen LogP contribution in [0.3, 0.4) is 0 Å². The van der Waals surface area contributed by atoms with Gasteiger partial charge in [-0.1, -0.05) is 43.9 Å².